The standard InChI is InChI=1S/C19H17NO5/c21-17-9-10-18(22)20(17)25-19(23)24-11-16-14-7-3-1-5-12(14)13-6-2-4-8-15(13)16/h1-8,12,14,16H,9-11H2. The van der Waals surface area contributed by atoms with Gasteiger partial charge in [-0.2, -0.15) is 0 Å². The quantitative estimate of drug-likeness (QED) is 0.625. The maximum absolute atomic E-state index is 11.9. The molecular formula is C19H17NO5. The number of benzene rings is 1. The Morgan fingerprint density at radius 1 is 1.04 bits per heavy atom. The summed E-state index contributed by atoms with van der Waals surface area (Å²) in [6.07, 6.45) is 7.40. The predicted octanol–water partition coefficient (Wildman–Crippen LogP) is 2.83. The molecule has 0 spiro atoms. The van der Waals surface area contributed by atoms with Crippen molar-refractivity contribution >= 4 is 18.0 Å². The van der Waals surface area contributed by atoms with Gasteiger partial charge in [-0.15, -0.1) is 0 Å². The second kappa shape index (κ2) is 6.20. The Labute approximate surface area is 144 Å². The lowest BCUT2D eigenvalue weighted by atomic mass is 9.84. The lowest BCUT2D eigenvalue weighted by Gasteiger charge is -2.22. The van der Waals surface area contributed by atoms with E-state index in [1.807, 2.05) is 30.4 Å². The topological polar surface area (TPSA) is 72.9 Å². The average molecular weight is 339 g/mol. The first-order valence-electron chi connectivity index (χ1n) is 8.29. The summed E-state index contributed by atoms with van der Waals surface area (Å²) in [5.41, 5.74) is 2.38. The minimum atomic E-state index is -1.03. The molecule has 1 aromatic carbocycles. The molecular weight excluding hydrogens is 322 g/mol. The van der Waals surface area contributed by atoms with Gasteiger partial charge >= 0.3 is 6.16 Å². The maximum atomic E-state index is 11.9. The SMILES string of the molecule is O=C(OCC1c2ccccc2C2C=CC=CC21)ON1C(=O)CCC1=O. The van der Waals surface area contributed by atoms with Gasteiger partial charge in [-0.05, 0) is 17.0 Å². The van der Waals surface area contributed by atoms with Gasteiger partial charge in [0.05, 0.1) is 0 Å². The largest absolute Gasteiger partial charge is 0.533 e. The summed E-state index contributed by atoms with van der Waals surface area (Å²) in [6, 6.07) is 8.11. The smallest absolute Gasteiger partial charge is 0.432 e. The average Bonchev–Trinajstić information content (AvgIpc) is 3.12. The highest BCUT2D eigenvalue weighted by atomic mass is 16.8. The number of imide groups is 1. The molecule has 2 aliphatic carbocycles. The van der Waals surface area contributed by atoms with E-state index in [1.54, 1.807) is 0 Å². The van der Waals surface area contributed by atoms with Gasteiger partial charge in [0.1, 0.15) is 6.61 Å². The van der Waals surface area contributed by atoms with Gasteiger partial charge in [-0.25, -0.2) is 4.79 Å². The number of carbonyl (C=O) groups excluding carboxylic acids is 3. The number of hydrogen-bond acceptors (Lipinski definition) is 5. The van der Waals surface area contributed by atoms with Crippen LogP contribution < -0.4 is 0 Å². The van der Waals surface area contributed by atoms with E-state index in [2.05, 4.69) is 18.2 Å². The van der Waals surface area contributed by atoms with Crippen molar-refractivity contribution in [1.82, 2.24) is 5.06 Å². The van der Waals surface area contributed by atoms with Crippen molar-refractivity contribution in [2.45, 2.75) is 24.7 Å². The van der Waals surface area contributed by atoms with Crippen LogP contribution in [0.5, 0.6) is 0 Å². The minimum absolute atomic E-state index is 0.0138. The number of amides is 2. The van der Waals surface area contributed by atoms with Crippen LogP contribution in [-0.2, 0) is 19.2 Å². The highest BCUT2D eigenvalue weighted by molar-refractivity contribution is 6.01. The highest BCUT2D eigenvalue weighted by Gasteiger charge is 2.39. The summed E-state index contributed by atoms with van der Waals surface area (Å²) < 4.78 is 5.23. The molecule has 0 bridgehead atoms. The first kappa shape index (κ1) is 15.6. The van der Waals surface area contributed by atoms with E-state index in [9.17, 15) is 14.4 Å². The monoisotopic (exact) mass is 339 g/mol. The zero-order valence-corrected chi connectivity index (χ0v) is 13.5. The maximum Gasteiger partial charge on any atom is 0.533 e. The van der Waals surface area contributed by atoms with Crippen LogP contribution in [0.2, 0.25) is 0 Å². The molecule has 0 N–H and O–H groups in total. The van der Waals surface area contributed by atoms with Crippen molar-refractivity contribution in [3.8, 4) is 0 Å². The molecule has 1 saturated heterocycles. The molecule has 3 unspecified atom stereocenters. The number of hydrogen-bond donors (Lipinski definition) is 0. The van der Waals surface area contributed by atoms with E-state index in [4.69, 9.17) is 9.57 Å². The summed E-state index contributed by atoms with van der Waals surface area (Å²) in [6.45, 7) is 0.130. The molecule has 1 heterocycles. The summed E-state index contributed by atoms with van der Waals surface area (Å²) in [5.74, 6) is -0.542. The third-order valence-electron chi connectivity index (χ3n) is 4.95. The van der Waals surface area contributed by atoms with Gasteiger partial charge in [0, 0.05) is 24.7 Å². The van der Waals surface area contributed by atoms with E-state index >= 15 is 0 Å². The summed E-state index contributed by atoms with van der Waals surface area (Å²) in [5, 5.41) is 0.497. The molecule has 1 aliphatic heterocycles. The van der Waals surface area contributed by atoms with Crippen LogP contribution in [0.1, 0.15) is 35.8 Å². The lowest BCUT2D eigenvalue weighted by Crippen LogP contribution is -2.33. The normalized spacial score (nSPS) is 26.6. The predicted molar refractivity (Wildman–Crippen MR) is 87.2 cm³/mol. The molecule has 3 atom stereocenters. The van der Waals surface area contributed by atoms with Gasteiger partial charge in [0.15, 0.2) is 0 Å². The van der Waals surface area contributed by atoms with Gasteiger partial charge in [-0.1, -0.05) is 53.6 Å². The Kier molecular flexibility index (Phi) is 3.87. The Bertz CT molecular complexity index is 781. The van der Waals surface area contributed by atoms with E-state index in [0.29, 0.717) is 5.06 Å². The molecule has 25 heavy (non-hydrogen) atoms. The van der Waals surface area contributed by atoms with Crippen LogP contribution in [0.4, 0.5) is 4.79 Å². The number of ether oxygens (including phenoxy) is 1. The Morgan fingerprint density at radius 2 is 1.72 bits per heavy atom. The van der Waals surface area contributed by atoms with Crippen molar-refractivity contribution in [2.75, 3.05) is 6.61 Å². The molecule has 3 aliphatic rings. The van der Waals surface area contributed by atoms with E-state index in [0.717, 1.165) is 5.56 Å². The third-order valence-corrected chi connectivity index (χ3v) is 4.95. The van der Waals surface area contributed by atoms with Crippen molar-refractivity contribution in [1.29, 1.82) is 0 Å². The zero-order chi connectivity index (χ0) is 17.4. The molecule has 6 heteroatoms. The zero-order valence-electron chi connectivity index (χ0n) is 13.5. The summed E-state index contributed by atoms with van der Waals surface area (Å²) >= 11 is 0. The van der Waals surface area contributed by atoms with Crippen molar-refractivity contribution in [2.24, 2.45) is 5.92 Å². The van der Waals surface area contributed by atoms with Crippen LogP contribution in [0, 0.1) is 5.92 Å². The molecule has 0 radical (unpaired) electrons. The van der Waals surface area contributed by atoms with Crippen LogP contribution in [0.3, 0.4) is 0 Å². The van der Waals surface area contributed by atoms with Crippen molar-refractivity contribution in [3.05, 3.63) is 59.7 Å². The minimum Gasteiger partial charge on any atom is -0.432 e. The van der Waals surface area contributed by atoms with Gasteiger partial charge in [-0.3, -0.25) is 14.4 Å². The number of hydroxylamine groups is 2. The number of fused-ring (bicyclic) bond motifs is 3. The number of rotatable bonds is 3. The number of nitrogens with zero attached hydrogens (tertiary/aromatic N) is 1. The van der Waals surface area contributed by atoms with Crippen LogP contribution in [0.15, 0.2) is 48.6 Å². The van der Waals surface area contributed by atoms with Crippen LogP contribution in [0.25, 0.3) is 0 Å². The molecule has 128 valence electrons. The van der Waals surface area contributed by atoms with Crippen molar-refractivity contribution < 1.29 is 24.0 Å². The van der Waals surface area contributed by atoms with Crippen LogP contribution >= 0.6 is 0 Å². The third kappa shape index (κ3) is 2.73. The first-order chi connectivity index (χ1) is 12.1. The van der Waals surface area contributed by atoms with E-state index in [1.165, 1.54) is 5.56 Å². The second-order valence-corrected chi connectivity index (χ2v) is 6.34. The second-order valence-electron chi connectivity index (χ2n) is 6.34. The fourth-order valence-corrected chi connectivity index (χ4v) is 3.80. The molecule has 1 fully saturated rings. The molecule has 0 aromatic heterocycles. The molecule has 0 saturated carbocycles. The number of allylic oxidation sites excluding steroid dienone is 4. The Morgan fingerprint density at radius 3 is 2.48 bits per heavy atom. The first-order valence-corrected chi connectivity index (χ1v) is 8.29. The van der Waals surface area contributed by atoms with Crippen LogP contribution in [-0.4, -0.2) is 29.6 Å². The molecule has 1 aromatic rings. The molecule has 6 nitrogen and oxygen atoms in total. The van der Waals surface area contributed by atoms with Gasteiger partial charge in [0.25, 0.3) is 11.8 Å². The van der Waals surface area contributed by atoms with Gasteiger partial charge < -0.3 is 4.74 Å². The summed E-state index contributed by atoms with van der Waals surface area (Å²) in [7, 11) is 0. The van der Waals surface area contributed by atoms with E-state index < -0.39 is 18.0 Å². The number of carbonyl (C=O) groups is 3. The Balaban J connectivity index is 1.45. The van der Waals surface area contributed by atoms with Crippen molar-refractivity contribution in [3.63, 3.8) is 0 Å². The lowest BCUT2D eigenvalue weighted by molar-refractivity contribution is -0.177. The Hall–Kier alpha value is -2.89. The van der Waals surface area contributed by atoms with E-state index in [-0.39, 0.29) is 37.2 Å². The highest BCUT2D eigenvalue weighted by Crippen LogP contribution is 2.49. The molecule has 4 rings (SSSR count). The summed E-state index contributed by atoms with van der Waals surface area (Å²) in [4.78, 5) is 39.6. The fraction of sp³-hybridized carbons (Fsp3) is 0.316. The molecule has 2 amide bonds. The van der Waals surface area contributed by atoms with Gasteiger partial charge in [0.2, 0.25) is 0 Å². The fourth-order valence-electron chi connectivity index (χ4n) is 3.80.